The fourth-order valence-corrected chi connectivity index (χ4v) is 3.37. The van der Waals surface area contributed by atoms with Crippen LogP contribution in [0.4, 0.5) is 26.2 Å². The van der Waals surface area contributed by atoms with Gasteiger partial charge in [-0.1, -0.05) is 30.3 Å². The van der Waals surface area contributed by atoms with Crippen LogP contribution in [0.3, 0.4) is 0 Å². The van der Waals surface area contributed by atoms with Crippen LogP contribution >= 0.6 is 0 Å². The molecule has 1 heterocycles. The van der Waals surface area contributed by atoms with Crippen molar-refractivity contribution in [3.8, 4) is 0 Å². The van der Waals surface area contributed by atoms with Gasteiger partial charge in [0, 0.05) is 29.2 Å². The molecular weight excluding hydrogens is 369 g/mol. The Hall–Kier alpha value is -3.67. The molecule has 29 heavy (non-hydrogen) atoms. The minimum absolute atomic E-state index is 0.0684. The van der Waals surface area contributed by atoms with Gasteiger partial charge >= 0.3 is 6.03 Å². The summed E-state index contributed by atoms with van der Waals surface area (Å²) in [5.41, 5.74) is 3.91. The first-order valence-corrected chi connectivity index (χ1v) is 9.35. The van der Waals surface area contributed by atoms with E-state index in [0.29, 0.717) is 29.0 Å². The molecule has 3 amide bonds. The Morgan fingerprint density at radius 1 is 0.931 bits per heavy atom. The Morgan fingerprint density at radius 3 is 2.34 bits per heavy atom. The van der Waals surface area contributed by atoms with Gasteiger partial charge < -0.3 is 15.5 Å². The molecule has 4 rings (SSSR count). The number of amides is 3. The van der Waals surface area contributed by atoms with Gasteiger partial charge in [0.05, 0.1) is 0 Å². The predicted octanol–water partition coefficient (Wildman–Crippen LogP) is 4.98. The van der Waals surface area contributed by atoms with Gasteiger partial charge in [-0.3, -0.25) is 4.79 Å². The molecule has 0 saturated heterocycles. The standard InChI is InChI=1S/C23H20FN3O2/c1-15-7-9-18(13-20(15)24)25-23(29)26-19-10-8-16-11-12-27(21(16)14-19)22(28)17-5-3-2-4-6-17/h2-10,13-14H,11-12H2,1H3,(H2,25,26,29). The van der Waals surface area contributed by atoms with E-state index in [1.54, 1.807) is 48.2 Å². The zero-order chi connectivity index (χ0) is 20.4. The van der Waals surface area contributed by atoms with Crippen LogP contribution in [0.1, 0.15) is 21.5 Å². The molecule has 3 aromatic rings. The van der Waals surface area contributed by atoms with Crippen LogP contribution in [-0.4, -0.2) is 18.5 Å². The number of halogens is 1. The largest absolute Gasteiger partial charge is 0.323 e. The van der Waals surface area contributed by atoms with E-state index in [2.05, 4.69) is 10.6 Å². The van der Waals surface area contributed by atoms with E-state index < -0.39 is 6.03 Å². The number of aryl methyl sites for hydroxylation is 1. The fraction of sp³-hybridized carbons (Fsp3) is 0.130. The van der Waals surface area contributed by atoms with Gasteiger partial charge in [0.2, 0.25) is 0 Å². The zero-order valence-corrected chi connectivity index (χ0v) is 15.9. The van der Waals surface area contributed by atoms with Crippen molar-refractivity contribution in [3.05, 3.63) is 89.2 Å². The van der Waals surface area contributed by atoms with Crippen molar-refractivity contribution in [1.29, 1.82) is 0 Å². The number of urea groups is 1. The van der Waals surface area contributed by atoms with Crippen molar-refractivity contribution in [2.45, 2.75) is 13.3 Å². The lowest BCUT2D eigenvalue weighted by atomic mass is 10.1. The quantitative estimate of drug-likeness (QED) is 0.664. The molecule has 1 aliphatic heterocycles. The molecule has 0 unspecified atom stereocenters. The lowest BCUT2D eigenvalue weighted by Gasteiger charge is -2.18. The number of carbonyl (C=O) groups is 2. The lowest BCUT2D eigenvalue weighted by Crippen LogP contribution is -2.29. The molecular formula is C23H20FN3O2. The predicted molar refractivity (Wildman–Crippen MR) is 112 cm³/mol. The molecule has 2 N–H and O–H groups in total. The minimum Gasteiger partial charge on any atom is -0.308 e. The number of rotatable bonds is 3. The lowest BCUT2D eigenvalue weighted by molar-refractivity contribution is 0.0989. The third-order valence-corrected chi connectivity index (χ3v) is 4.93. The van der Waals surface area contributed by atoms with Gasteiger partial charge in [0.15, 0.2) is 0 Å². The molecule has 0 radical (unpaired) electrons. The van der Waals surface area contributed by atoms with Gasteiger partial charge in [0.1, 0.15) is 5.82 Å². The van der Waals surface area contributed by atoms with Gasteiger partial charge in [-0.25, -0.2) is 9.18 Å². The Kier molecular flexibility index (Phi) is 4.99. The molecule has 3 aromatic carbocycles. The number of fused-ring (bicyclic) bond motifs is 1. The van der Waals surface area contributed by atoms with Gasteiger partial charge in [-0.15, -0.1) is 0 Å². The van der Waals surface area contributed by atoms with Crippen LogP contribution in [0.25, 0.3) is 0 Å². The van der Waals surface area contributed by atoms with Crippen molar-refractivity contribution in [2.24, 2.45) is 0 Å². The number of nitrogens with one attached hydrogen (secondary N) is 2. The summed E-state index contributed by atoms with van der Waals surface area (Å²) in [6.07, 6.45) is 0.767. The summed E-state index contributed by atoms with van der Waals surface area (Å²) in [6, 6.07) is 18.7. The number of hydrogen-bond acceptors (Lipinski definition) is 2. The van der Waals surface area contributed by atoms with Crippen molar-refractivity contribution >= 4 is 29.0 Å². The summed E-state index contributed by atoms with van der Waals surface area (Å²) in [4.78, 5) is 26.8. The van der Waals surface area contributed by atoms with Crippen molar-refractivity contribution in [3.63, 3.8) is 0 Å². The van der Waals surface area contributed by atoms with Crippen molar-refractivity contribution in [1.82, 2.24) is 0 Å². The van der Waals surface area contributed by atoms with Crippen LogP contribution in [0.2, 0.25) is 0 Å². The van der Waals surface area contributed by atoms with Crippen LogP contribution in [0.5, 0.6) is 0 Å². The molecule has 0 atom stereocenters. The van der Waals surface area contributed by atoms with Gasteiger partial charge in [-0.05, 0) is 60.9 Å². The SMILES string of the molecule is Cc1ccc(NC(=O)Nc2ccc3c(c2)N(C(=O)c2ccccc2)CC3)cc1F. The van der Waals surface area contributed by atoms with E-state index in [-0.39, 0.29) is 11.7 Å². The maximum atomic E-state index is 13.7. The minimum atomic E-state index is -0.480. The summed E-state index contributed by atoms with van der Waals surface area (Å²) in [6.45, 7) is 2.26. The van der Waals surface area contributed by atoms with Crippen LogP contribution in [0, 0.1) is 12.7 Å². The Morgan fingerprint density at radius 2 is 1.62 bits per heavy atom. The maximum Gasteiger partial charge on any atom is 0.323 e. The average molecular weight is 389 g/mol. The maximum absolute atomic E-state index is 13.7. The topological polar surface area (TPSA) is 61.4 Å². The molecule has 0 spiro atoms. The molecule has 5 nitrogen and oxygen atoms in total. The van der Waals surface area contributed by atoms with Crippen molar-refractivity contribution in [2.75, 3.05) is 22.1 Å². The molecule has 0 bridgehead atoms. The van der Waals surface area contributed by atoms with Crippen LogP contribution in [0.15, 0.2) is 66.7 Å². The van der Waals surface area contributed by atoms with E-state index in [4.69, 9.17) is 0 Å². The van der Waals surface area contributed by atoms with E-state index >= 15 is 0 Å². The molecule has 6 heteroatoms. The highest BCUT2D eigenvalue weighted by molar-refractivity contribution is 6.08. The average Bonchev–Trinajstić information content (AvgIpc) is 3.14. The van der Waals surface area contributed by atoms with E-state index in [1.807, 2.05) is 24.3 Å². The summed E-state index contributed by atoms with van der Waals surface area (Å²) in [5.74, 6) is -0.448. The third-order valence-electron chi connectivity index (χ3n) is 4.93. The highest BCUT2D eigenvalue weighted by Crippen LogP contribution is 2.32. The number of carbonyl (C=O) groups excluding carboxylic acids is 2. The second kappa shape index (κ2) is 7.75. The van der Waals surface area contributed by atoms with Crippen molar-refractivity contribution < 1.29 is 14.0 Å². The summed E-state index contributed by atoms with van der Waals surface area (Å²) in [5, 5.41) is 5.36. The third kappa shape index (κ3) is 3.96. The molecule has 0 aromatic heterocycles. The fourth-order valence-electron chi connectivity index (χ4n) is 3.37. The number of benzene rings is 3. The summed E-state index contributed by atoms with van der Waals surface area (Å²) >= 11 is 0. The van der Waals surface area contributed by atoms with Crippen LogP contribution < -0.4 is 15.5 Å². The number of anilines is 3. The summed E-state index contributed by atoms with van der Waals surface area (Å²) in [7, 11) is 0. The van der Waals surface area contributed by atoms with E-state index in [9.17, 15) is 14.0 Å². The highest BCUT2D eigenvalue weighted by Gasteiger charge is 2.26. The zero-order valence-electron chi connectivity index (χ0n) is 15.9. The Labute approximate surface area is 168 Å². The molecule has 0 aliphatic carbocycles. The second-order valence-electron chi connectivity index (χ2n) is 6.96. The molecule has 0 saturated carbocycles. The Bertz CT molecular complexity index is 1080. The number of hydrogen-bond donors (Lipinski definition) is 2. The first-order valence-electron chi connectivity index (χ1n) is 9.35. The first-order chi connectivity index (χ1) is 14.0. The Balaban J connectivity index is 1.50. The smallest absolute Gasteiger partial charge is 0.308 e. The van der Waals surface area contributed by atoms with Crippen LogP contribution in [-0.2, 0) is 6.42 Å². The monoisotopic (exact) mass is 389 g/mol. The van der Waals surface area contributed by atoms with Gasteiger partial charge in [0.25, 0.3) is 5.91 Å². The normalized spacial score (nSPS) is 12.4. The molecule has 146 valence electrons. The number of nitrogens with zero attached hydrogens (tertiary/aromatic N) is 1. The summed E-state index contributed by atoms with van der Waals surface area (Å²) < 4.78 is 13.7. The van der Waals surface area contributed by atoms with E-state index in [1.165, 1.54) is 6.07 Å². The van der Waals surface area contributed by atoms with E-state index in [0.717, 1.165) is 17.7 Å². The second-order valence-corrected chi connectivity index (χ2v) is 6.96. The van der Waals surface area contributed by atoms with Gasteiger partial charge in [-0.2, -0.15) is 0 Å². The molecule has 1 aliphatic rings. The first kappa shape index (κ1) is 18.7. The highest BCUT2D eigenvalue weighted by atomic mass is 19.1. The molecule has 0 fully saturated rings.